The van der Waals surface area contributed by atoms with Crippen molar-refractivity contribution >= 4 is 17.5 Å². The SMILES string of the molecule is CC1C2CC3C[C@@H]1CC(NC(=O)CCl)(C3)C2. The maximum absolute atomic E-state index is 11.5. The lowest BCUT2D eigenvalue weighted by Gasteiger charge is -2.59. The topological polar surface area (TPSA) is 29.1 Å². The molecule has 0 aromatic carbocycles. The Balaban J connectivity index is 1.80. The number of amides is 1. The Morgan fingerprint density at radius 3 is 2.50 bits per heavy atom. The zero-order valence-corrected chi connectivity index (χ0v) is 10.6. The van der Waals surface area contributed by atoms with Crippen LogP contribution in [0.5, 0.6) is 0 Å². The van der Waals surface area contributed by atoms with E-state index >= 15 is 0 Å². The van der Waals surface area contributed by atoms with E-state index in [1.807, 2.05) is 0 Å². The lowest BCUT2D eigenvalue weighted by Crippen LogP contribution is -2.62. The Morgan fingerprint density at radius 2 is 1.94 bits per heavy atom. The fourth-order valence-electron chi connectivity index (χ4n) is 4.76. The fourth-order valence-corrected chi connectivity index (χ4v) is 4.83. The van der Waals surface area contributed by atoms with Gasteiger partial charge in [-0.15, -0.1) is 11.6 Å². The highest BCUT2D eigenvalue weighted by atomic mass is 35.5. The van der Waals surface area contributed by atoms with Crippen molar-refractivity contribution in [3.63, 3.8) is 0 Å². The van der Waals surface area contributed by atoms with Gasteiger partial charge < -0.3 is 5.32 Å². The molecular formula is C13H20ClNO. The number of alkyl halides is 1. The van der Waals surface area contributed by atoms with Gasteiger partial charge in [0.25, 0.3) is 0 Å². The molecular weight excluding hydrogens is 222 g/mol. The van der Waals surface area contributed by atoms with Gasteiger partial charge in [-0.05, 0) is 55.8 Å². The molecule has 4 fully saturated rings. The van der Waals surface area contributed by atoms with Crippen LogP contribution in [0, 0.1) is 23.7 Å². The number of carbonyl (C=O) groups excluding carboxylic acids is 1. The van der Waals surface area contributed by atoms with Gasteiger partial charge in [-0.2, -0.15) is 0 Å². The molecule has 0 heterocycles. The van der Waals surface area contributed by atoms with Crippen molar-refractivity contribution in [1.29, 1.82) is 0 Å². The second-order valence-corrected chi connectivity index (χ2v) is 6.56. The molecule has 0 saturated heterocycles. The van der Waals surface area contributed by atoms with Gasteiger partial charge in [-0.1, -0.05) is 6.92 Å². The van der Waals surface area contributed by atoms with Crippen molar-refractivity contribution in [2.45, 2.75) is 44.6 Å². The average Bonchev–Trinajstić information content (AvgIpc) is 2.24. The Hall–Kier alpha value is -0.240. The van der Waals surface area contributed by atoms with Crippen LogP contribution >= 0.6 is 11.6 Å². The van der Waals surface area contributed by atoms with E-state index in [1.54, 1.807) is 0 Å². The summed E-state index contributed by atoms with van der Waals surface area (Å²) in [6, 6.07) is 0. The summed E-state index contributed by atoms with van der Waals surface area (Å²) in [6.45, 7) is 2.41. The van der Waals surface area contributed by atoms with E-state index in [0.29, 0.717) is 0 Å². The molecule has 0 aromatic heterocycles. The summed E-state index contributed by atoms with van der Waals surface area (Å²) in [7, 11) is 0. The Labute approximate surface area is 102 Å². The van der Waals surface area contributed by atoms with Crippen LogP contribution in [0.1, 0.15) is 39.0 Å². The molecule has 4 bridgehead atoms. The van der Waals surface area contributed by atoms with E-state index in [9.17, 15) is 4.79 Å². The van der Waals surface area contributed by atoms with E-state index in [-0.39, 0.29) is 17.3 Å². The van der Waals surface area contributed by atoms with Crippen LogP contribution < -0.4 is 5.32 Å². The van der Waals surface area contributed by atoms with Gasteiger partial charge in [0.15, 0.2) is 0 Å². The second kappa shape index (κ2) is 3.63. The zero-order chi connectivity index (χ0) is 11.3. The summed E-state index contributed by atoms with van der Waals surface area (Å²) in [5.74, 6) is 3.57. The van der Waals surface area contributed by atoms with Gasteiger partial charge in [0.1, 0.15) is 5.88 Å². The molecule has 16 heavy (non-hydrogen) atoms. The lowest BCUT2D eigenvalue weighted by atomic mass is 9.49. The highest BCUT2D eigenvalue weighted by molar-refractivity contribution is 6.27. The third-order valence-corrected chi connectivity index (χ3v) is 5.51. The van der Waals surface area contributed by atoms with Gasteiger partial charge in [-0.3, -0.25) is 4.79 Å². The average molecular weight is 242 g/mol. The van der Waals surface area contributed by atoms with E-state index in [4.69, 9.17) is 11.6 Å². The molecule has 3 heteroatoms. The summed E-state index contributed by atoms with van der Waals surface area (Å²) < 4.78 is 0. The van der Waals surface area contributed by atoms with Crippen molar-refractivity contribution in [3.05, 3.63) is 0 Å². The van der Waals surface area contributed by atoms with Crippen LogP contribution in [-0.4, -0.2) is 17.3 Å². The number of hydrogen-bond acceptors (Lipinski definition) is 1. The number of halogens is 1. The normalized spacial score (nSPS) is 49.4. The van der Waals surface area contributed by atoms with Crippen molar-refractivity contribution in [1.82, 2.24) is 5.32 Å². The molecule has 0 aliphatic heterocycles. The van der Waals surface area contributed by atoms with Gasteiger partial charge in [-0.25, -0.2) is 0 Å². The van der Waals surface area contributed by atoms with Crippen molar-refractivity contribution in [2.24, 2.45) is 23.7 Å². The Kier molecular flexibility index (Phi) is 2.47. The first-order chi connectivity index (χ1) is 7.62. The first-order valence-corrected chi connectivity index (χ1v) is 7.02. The molecule has 5 atom stereocenters. The fraction of sp³-hybridized carbons (Fsp3) is 0.923. The minimum absolute atomic E-state index is 0.0243. The molecule has 0 aromatic rings. The second-order valence-electron chi connectivity index (χ2n) is 6.29. The van der Waals surface area contributed by atoms with Crippen LogP contribution in [0.25, 0.3) is 0 Å². The lowest BCUT2D eigenvalue weighted by molar-refractivity contribution is -0.126. The molecule has 1 amide bonds. The summed E-state index contributed by atoms with van der Waals surface area (Å²) >= 11 is 5.61. The van der Waals surface area contributed by atoms with Gasteiger partial charge in [0.2, 0.25) is 5.91 Å². The summed E-state index contributed by atoms with van der Waals surface area (Å²) in [6.07, 6.45) is 6.40. The van der Waals surface area contributed by atoms with Crippen molar-refractivity contribution < 1.29 is 4.79 Å². The predicted octanol–water partition coefficient (Wildman–Crippen LogP) is 2.56. The monoisotopic (exact) mass is 241 g/mol. The van der Waals surface area contributed by atoms with Gasteiger partial charge in [0, 0.05) is 5.54 Å². The molecule has 4 aliphatic rings. The first kappa shape index (κ1) is 10.9. The smallest absolute Gasteiger partial charge is 0.235 e. The third kappa shape index (κ3) is 1.57. The Morgan fingerprint density at radius 1 is 1.31 bits per heavy atom. The van der Waals surface area contributed by atoms with Gasteiger partial charge in [0.05, 0.1) is 0 Å². The van der Waals surface area contributed by atoms with Crippen LogP contribution in [0.3, 0.4) is 0 Å². The van der Waals surface area contributed by atoms with Crippen molar-refractivity contribution in [3.8, 4) is 0 Å². The largest absolute Gasteiger partial charge is 0.350 e. The molecule has 0 radical (unpaired) electrons. The number of rotatable bonds is 2. The maximum atomic E-state index is 11.5. The molecule has 2 nitrogen and oxygen atoms in total. The molecule has 4 aliphatic carbocycles. The highest BCUT2D eigenvalue weighted by Crippen LogP contribution is 2.58. The predicted molar refractivity (Wildman–Crippen MR) is 64.3 cm³/mol. The van der Waals surface area contributed by atoms with E-state index < -0.39 is 0 Å². The van der Waals surface area contributed by atoms with Crippen LogP contribution in [0.15, 0.2) is 0 Å². The highest BCUT2D eigenvalue weighted by Gasteiger charge is 2.54. The number of hydrogen-bond donors (Lipinski definition) is 1. The molecule has 1 N–H and O–H groups in total. The molecule has 4 unspecified atom stereocenters. The summed E-state index contributed by atoms with van der Waals surface area (Å²) in [5.41, 5.74) is 0.120. The molecule has 4 rings (SSSR count). The van der Waals surface area contributed by atoms with Crippen molar-refractivity contribution in [2.75, 3.05) is 5.88 Å². The van der Waals surface area contributed by atoms with E-state index in [2.05, 4.69) is 12.2 Å². The minimum atomic E-state index is 0.0243. The number of carbonyl (C=O) groups is 1. The molecule has 4 saturated carbocycles. The quantitative estimate of drug-likeness (QED) is 0.740. The van der Waals surface area contributed by atoms with Crippen LogP contribution in [0.2, 0.25) is 0 Å². The molecule has 0 spiro atoms. The van der Waals surface area contributed by atoms with Crippen LogP contribution in [-0.2, 0) is 4.79 Å². The number of nitrogens with one attached hydrogen (secondary N) is 1. The maximum Gasteiger partial charge on any atom is 0.235 e. The Bertz CT molecular complexity index is 301. The minimum Gasteiger partial charge on any atom is -0.350 e. The van der Waals surface area contributed by atoms with Crippen LogP contribution in [0.4, 0.5) is 0 Å². The third-order valence-electron chi connectivity index (χ3n) is 5.27. The zero-order valence-electron chi connectivity index (χ0n) is 9.84. The molecule has 90 valence electrons. The van der Waals surface area contributed by atoms with Gasteiger partial charge >= 0.3 is 0 Å². The summed E-state index contributed by atoms with van der Waals surface area (Å²) in [5, 5.41) is 3.22. The van der Waals surface area contributed by atoms with E-state index in [0.717, 1.165) is 23.7 Å². The first-order valence-electron chi connectivity index (χ1n) is 6.49. The summed E-state index contributed by atoms with van der Waals surface area (Å²) in [4.78, 5) is 11.5. The van der Waals surface area contributed by atoms with E-state index in [1.165, 1.54) is 32.1 Å². The standard InChI is InChI=1S/C13H20ClNO/c1-8-10-2-9-3-11(8)6-13(4-9,5-10)15-12(16)7-14/h8-11H,2-7H2,1H3,(H,15,16)/t8?,9?,10-,11?,13?/m1/s1.